The SMILES string of the molecule is CC(=O)[C@H]1CC[C@H]2[C@@H]3CC[C@@H]4C[C@](O)(C#CCCCO)CC[C@]4(C)[C@H]3CC[C@]12C. The predicted octanol–water partition coefficient (Wildman–Crippen LogP) is 4.74. The first-order valence-corrected chi connectivity index (χ1v) is 12.1. The van der Waals surface area contributed by atoms with Gasteiger partial charge >= 0.3 is 0 Å². The molecule has 0 aromatic heterocycles. The topological polar surface area (TPSA) is 57.5 Å². The van der Waals surface area contributed by atoms with E-state index >= 15 is 0 Å². The molecule has 0 amide bonds. The fourth-order valence-electron chi connectivity index (χ4n) is 8.42. The lowest BCUT2D eigenvalue weighted by molar-refractivity contribution is -0.144. The van der Waals surface area contributed by atoms with Gasteiger partial charge in [0.05, 0.1) is 0 Å². The van der Waals surface area contributed by atoms with Crippen LogP contribution >= 0.6 is 0 Å². The molecule has 29 heavy (non-hydrogen) atoms. The maximum Gasteiger partial charge on any atom is 0.133 e. The van der Waals surface area contributed by atoms with Crippen LogP contribution < -0.4 is 0 Å². The van der Waals surface area contributed by atoms with Crippen molar-refractivity contribution in [2.75, 3.05) is 6.61 Å². The monoisotopic (exact) mass is 400 g/mol. The molecule has 0 bridgehead atoms. The Labute approximate surface area is 177 Å². The summed E-state index contributed by atoms with van der Waals surface area (Å²) in [7, 11) is 0. The van der Waals surface area contributed by atoms with E-state index in [1.54, 1.807) is 0 Å². The second kappa shape index (κ2) is 7.69. The zero-order valence-corrected chi connectivity index (χ0v) is 18.7. The molecule has 3 nitrogen and oxygen atoms in total. The van der Waals surface area contributed by atoms with Gasteiger partial charge in [0.1, 0.15) is 11.4 Å². The van der Waals surface area contributed by atoms with Crippen molar-refractivity contribution in [3.05, 3.63) is 0 Å². The third kappa shape index (κ3) is 3.49. The fourth-order valence-corrected chi connectivity index (χ4v) is 8.42. The van der Waals surface area contributed by atoms with E-state index < -0.39 is 5.60 Å². The van der Waals surface area contributed by atoms with Crippen molar-refractivity contribution in [2.24, 2.45) is 40.4 Å². The summed E-state index contributed by atoms with van der Waals surface area (Å²) < 4.78 is 0. The van der Waals surface area contributed by atoms with Crippen LogP contribution in [0.15, 0.2) is 0 Å². The third-order valence-corrected chi connectivity index (χ3v) is 10.00. The first kappa shape index (κ1) is 21.4. The summed E-state index contributed by atoms with van der Waals surface area (Å²) >= 11 is 0. The van der Waals surface area contributed by atoms with E-state index in [1.165, 1.54) is 32.1 Å². The second-order valence-electron chi connectivity index (χ2n) is 11.3. The Kier molecular flexibility index (Phi) is 5.67. The van der Waals surface area contributed by atoms with E-state index in [9.17, 15) is 9.90 Å². The number of hydrogen-bond donors (Lipinski definition) is 2. The number of carbonyl (C=O) groups is 1. The first-order valence-electron chi connectivity index (χ1n) is 12.1. The molecule has 2 N–H and O–H groups in total. The van der Waals surface area contributed by atoms with Gasteiger partial charge in [-0.25, -0.2) is 0 Å². The molecular weight excluding hydrogens is 360 g/mol. The molecule has 3 heteroatoms. The van der Waals surface area contributed by atoms with E-state index in [0.717, 1.165) is 37.5 Å². The number of carbonyl (C=O) groups excluding carboxylic acids is 1. The Bertz CT molecular complexity index is 704. The van der Waals surface area contributed by atoms with Gasteiger partial charge in [-0.05, 0) is 106 Å². The van der Waals surface area contributed by atoms with Crippen LogP contribution in [0.1, 0.15) is 91.4 Å². The fraction of sp³-hybridized carbons (Fsp3) is 0.885. The molecule has 4 aliphatic rings. The Hall–Kier alpha value is -0.850. The van der Waals surface area contributed by atoms with E-state index in [2.05, 4.69) is 25.7 Å². The minimum Gasteiger partial charge on any atom is -0.396 e. The molecule has 4 rings (SSSR count). The molecule has 0 aromatic carbocycles. The molecule has 0 spiro atoms. The number of fused-ring (bicyclic) bond motifs is 5. The summed E-state index contributed by atoms with van der Waals surface area (Å²) in [5.41, 5.74) is -0.288. The maximum atomic E-state index is 12.3. The molecule has 0 aliphatic heterocycles. The molecule has 162 valence electrons. The molecule has 4 fully saturated rings. The van der Waals surface area contributed by atoms with Gasteiger partial charge in [0.25, 0.3) is 0 Å². The highest BCUT2D eigenvalue weighted by Gasteiger charge is 2.61. The van der Waals surface area contributed by atoms with Crippen LogP contribution in [0.3, 0.4) is 0 Å². The van der Waals surface area contributed by atoms with Gasteiger partial charge in [0.15, 0.2) is 0 Å². The smallest absolute Gasteiger partial charge is 0.133 e. The highest BCUT2D eigenvalue weighted by molar-refractivity contribution is 5.79. The third-order valence-electron chi connectivity index (χ3n) is 10.00. The second-order valence-corrected chi connectivity index (χ2v) is 11.3. The van der Waals surface area contributed by atoms with Crippen molar-refractivity contribution in [2.45, 2.75) is 97.0 Å². The molecule has 0 saturated heterocycles. The van der Waals surface area contributed by atoms with Crippen molar-refractivity contribution in [1.82, 2.24) is 0 Å². The molecule has 0 heterocycles. The lowest BCUT2D eigenvalue weighted by Gasteiger charge is -2.61. The van der Waals surface area contributed by atoms with Crippen molar-refractivity contribution in [1.29, 1.82) is 0 Å². The summed E-state index contributed by atoms with van der Waals surface area (Å²) in [6.07, 6.45) is 11.3. The van der Waals surface area contributed by atoms with Gasteiger partial charge in [-0.1, -0.05) is 19.8 Å². The van der Waals surface area contributed by atoms with Gasteiger partial charge in [-0.3, -0.25) is 4.79 Å². The van der Waals surface area contributed by atoms with Gasteiger partial charge in [-0.2, -0.15) is 0 Å². The molecule has 0 radical (unpaired) electrons. The average Bonchev–Trinajstić information content (AvgIpc) is 3.04. The molecule has 0 aromatic rings. The van der Waals surface area contributed by atoms with Crippen LogP contribution in [0.25, 0.3) is 0 Å². The molecule has 8 atom stereocenters. The van der Waals surface area contributed by atoms with Crippen LogP contribution in [0.2, 0.25) is 0 Å². The number of unbranched alkanes of at least 4 members (excludes halogenated alkanes) is 1. The quantitative estimate of drug-likeness (QED) is 0.531. The zero-order valence-electron chi connectivity index (χ0n) is 18.7. The largest absolute Gasteiger partial charge is 0.396 e. The predicted molar refractivity (Wildman–Crippen MR) is 115 cm³/mol. The maximum absolute atomic E-state index is 12.3. The molecule has 0 unspecified atom stereocenters. The zero-order chi connectivity index (χ0) is 20.9. The van der Waals surface area contributed by atoms with Crippen LogP contribution in [0.5, 0.6) is 0 Å². The molecular formula is C26H40O3. The summed E-state index contributed by atoms with van der Waals surface area (Å²) in [4.78, 5) is 12.3. The minimum absolute atomic E-state index is 0.168. The minimum atomic E-state index is -0.831. The summed E-state index contributed by atoms with van der Waals surface area (Å²) in [5, 5.41) is 20.1. The van der Waals surface area contributed by atoms with Gasteiger partial charge in [-0.15, -0.1) is 5.92 Å². The lowest BCUT2D eigenvalue weighted by Crippen LogP contribution is -2.56. The van der Waals surface area contributed by atoms with Crippen LogP contribution in [-0.4, -0.2) is 28.2 Å². The molecule has 4 saturated carbocycles. The van der Waals surface area contributed by atoms with Crippen molar-refractivity contribution in [3.8, 4) is 11.8 Å². The number of aliphatic hydroxyl groups is 2. The average molecular weight is 401 g/mol. The highest BCUT2D eigenvalue weighted by atomic mass is 16.3. The van der Waals surface area contributed by atoms with Gasteiger partial charge in [0, 0.05) is 18.9 Å². The Morgan fingerprint density at radius 1 is 1.00 bits per heavy atom. The van der Waals surface area contributed by atoms with E-state index in [4.69, 9.17) is 5.11 Å². The van der Waals surface area contributed by atoms with Crippen molar-refractivity contribution < 1.29 is 15.0 Å². The Balaban J connectivity index is 1.50. The normalized spacial score (nSPS) is 48.7. The van der Waals surface area contributed by atoms with Gasteiger partial charge in [0.2, 0.25) is 0 Å². The highest BCUT2D eigenvalue weighted by Crippen LogP contribution is 2.68. The number of aliphatic hydroxyl groups excluding tert-OH is 1. The number of ketones is 1. The molecule has 4 aliphatic carbocycles. The summed E-state index contributed by atoms with van der Waals surface area (Å²) in [6, 6.07) is 0. The van der Waals surface area contributed by atoms with Crippen LogP contribution in [0, 0.1) is 52.3 Å². The van der Waals surface area contributed by atoms with Crippen molar-refractivity contribution >= 4 is 5.78 Å². The lowest BCUT2D eigenvalue weighted by atomic mass is 9.44. The van der Waals surface area contributed by atoms with E-state index in [-0.39, 0.29) is 17.9 Å². The first-order chi connectivity index (χ1) is 13.7. The van der Waals surface area contributed by atoms with E-state index in [0.29, 0.717) is 35.9 Å². The number of rotatable bonds is 3. The van der Waals surface area contributed by atoms with Crippen LogP contribution in [-0.2, 0) is 4.79 Å². The summed E-state index contributed by atoms with van der Waals surface area (Å²) in [5.74, 6) is 9.77. The van der Waals surface area contributed by atoms with Gasteiger partial charge < -0.3 is 10.2 Å². The Morgan fingerprint density at radius 2 is 1.76 bits per heavy atom. The number of hydrogen-bond acceptors (Lipinski definition) is 3. The number of Topliss-reactive ketones (excluding diaryl/α,β-unsaturated/α-hetero) is 1. The Morgan fingerprint density at radius 3 is 2.48 bits per heavy atom. The van der Waals surface area contributed by atoms with E-state index in [1.807, 2.05) is 6.92 Å². The van der Waals surface area contributed by atoms with Crippen LogP contribution in [0.4, 0.5) is 0 Å². The van der Waals surface area contributed by atoms with Crippen molar-refractivity contribution in [3.63, 3.8) is 0 Å². The summed E-state index contributed by atoms with van der Waals surface area (Å²) in [6.45, 7) is 6.91. The standard InChI is InChI=1S/C26H40O3/c1-18(28)21-9-10-22-20-8-7-19-17-26(29,12-5-4-6-16-27)15-14-24(19,2)23(20)11-13-25(21,22)3/h19-23,27,29H,4,6-11,13-17H2,1-3H3/t19-,20+,21-,22+,23+,24+,25-,26+/m1/s1.